The number of rotatable bonds is 6. The normalized spacial score (nSPS) is 11.6. The Hall–Kier alpha value is -6.94. The summed E-state index contributed by atoms with van der Waals surface area (Å²) in [5, 5.41) is 7.37. The van der Waals surface area contributed by atoms with Gasteiger partial charge in [-0.05, 0) is 117 Å². The maximum absolute atomic E-state index is 6.22. The highest BCUT2D eigenvalue weighted by molar-refractivity contribution is 7.25. The Kier molecular flexibility index (Phi) is 7.39. The van der Waals surface area contributed by atoms with Gasteiger partial charge in [-0.3, -0.25) is 0 Å². The molecule has 0 aliphatic rings. The van der Waals surface area contributed by atoms with Gasteiger partial charge in [-0.15, -0.1) is 11.3 Å². The fraction of sp³-hybridized carbons (Fsp3) is 0. The van der Waals surface area contributed by atoms with Gasteiger partial charge >= 0.3 is 0 Å². The van der Waals surface area contributed by atoms with Crippen molar-refractivity contribution in [1.82, 2.24) is 0 Å². The molecule has 0 unspecified atom stereocenters. The van der Waals surface area contributed by atoms with E-state index in [-0.39, 0.29) is 0 Å². The van der Waals surface area contributed by atoms with E-state index in [9.17, 15) is 0 Å². The summed E-state index contributed by atoms with van der Waals surface area (Å²) < 4.78 is 8.86. The van der Waals surface area contributed by atoms with E-state index in [1.807, 2.05) is 23.5 Å². The van der Waals surface area contributed by atoms with Crippen LogP contribution >= 0.6 is 11.3 Å². The average Bonchev–Trinajstić information content (AvgIpc) is 3.82. The number of furan rings is 1. The van der Waals surface area contributed by atoms with E-state index in [4.69, 9.17) is 4.42 Å². The topological polar surface area (TPSA) is 16.4 Å². The summed E-state index contributed by atoms with van der Waals surface area (Å²) in [6.45, 7) is 0. The lowest BCUT2D eigenvalue weighted by atomic mass is 9.97. The summed E-state index contributed by atoms with van der Waals surface area (Å²) in [4.78, 5) is 2.34. The molecule has 0 saturated carbocycles. The zero-order valence-corrected chi connectivity index (χ0v) is 30.6. The Morgan fingerprint density at radius 1 is 0.309 bits per heavy atom. The van der Waals surface area contributed by atoms with E-state index in [1.54, 1.807) is 0 Å². The lowest BCUT2D eigenvalue weighted by molar-refractivity contribution is 0.669. The van der Waals surface area contributed by atoms with Gasteiger partial charge in [-0.25, -0.2) is 0 Å². The number of fused-ring (bicyclic) bond motifs is 7. The van der Waals surface area contributed by atoms with Gasteiger partial charge in [0.25, 0.3) is 0 Å². The Bertz CT molecular complexity index is 3210. The second-order valence-electron chi connectivity index (χ2n) is 14.2. The molecule has 0 spiro atoms. The van der Waals surface area contributed by atoms with Gasteiger partial charge in [0.05, 0.1) is 0 Å². The van der Waals surface area contributed by atoms with Crippen LogP contribution in [-0.2, 0) is 0 Å². The summed E-state index contributed by atoms with van der Waals surface area (Å²) in [5.74, 6) is 0. The highest BCUT2D eigenvalue weighted by Crippen LogP contribution is 2.41. The fourth-order valence-electron chi connectivity index (χ4n) is 8.06. The van der Waals surface area contributed by atoms with Crippen molar-refractivity contribution in [3.05, 3.63) is 200 Å². The SMILES string of the molecule is c1cc(-c2ccc(N(c3ccc(-c4ccc5c(c4)sc4ccccc45)cc3)c3ccc4oc5ccccc5c4c3)cc2)cc(-c2ccc3ccccc3c2)c1. The summed E-state index contributed by atoms with van der Waals surface area (Å²) in [7, 11) is 0. The summed E-state index contributed by atoms with van der Waals surface area (Å²) in [6, 6.07) is 72.3. The van der Waals surface area contributed by atoms with Crippen LogP contribution in [0.25, 0.3) is 86.3 Å². The van der Waals surface area contributed by atoms with Crippen LogP contribution in [0.15, 0.2) is 205 Å². The third-order valence-electron chi connectivity index (χ3n) is 10.9. The van der Waals surface area contributed by atoms with Crippen LogP contribution in [-0.4, -0.2) is 0 Å². The molecule has 0 bridgehead atoms. The van der Waals surface area contributed by atoms with E-state index < -0.39 is 0 Å². The zero-order valence-electron chi connectivity index (χ0n) is 29.8. The first-order valence-electron chi connectivity index (χ1n) is 18.6. The smallest absolute Gasteiger partial charge is 0.135 e. The molecule has 11 aromatic rings. The third-order valence-corrected chi connectivity index (χ3v) is 12.0. The molecular weight excluding hydrogens is 687 g/mol. The van der Waals surface area contributed by atoms with E-state index in [1.165, 1.54) is 64.3 Å². The van der Waals surface area contributed by atoms with Crippen LogP contribution in [0.4, 0.5) is 17.1 Å². The molecule has 0 saturated heterocycles. The van der Waals surface area contributed by atoms with Crippen LogP contribution in [0.3, 0.4) is 0 Å². The van der Waals surface area contributed by atoms with Crippen molar-refractivity contribution < 1.29 is 4.42 Å². The second-order valence-corrected chi connectivity index (χ2v) is 15.2. The first-order valence-corrected chi connectivity index (χ1v) is 19.5. The highest BCUT2D eigenvalue weighted by atomic mass is 32.1. The molecule has 2 aromatic heterocycles. The van der Waals surface area contributed by atoms with Crippen molar-refractivity contribution >= 4 is 81.3 Å². The van der Waals surface area contributed by atoms with Gasteiger partial charge in [0.15, 0.2) is 0 Å². The Morgan fingerprint density at radius 2 is 0.873 bits per heavy atom. The Balaban J connectivity index is 0.974. The van der Waals surface area contributed by atoms with Crippen molar-refractivity contribution in [2.24, 2.45) is 0 Å². The van der Waals surface area contributed by atoms with Crippen molar-refractivity contribution in [1.29, 1.82) is 0 Å². The number of hydrogen-bond donors (Lipinski definition) is 0. The quantitative estimate of drug-likeness (QED) is 0.170. The van der Waals surface area contributed by atoms with Gasteiger partial charge in [0.2, 0.25) is 0 Å². The number of benzene rings is 9. The molecule has 9 aromatic carbocycles. The molecule has 0 atom stereocenters. The molecule has 258 valence electrons. The summed E-state index contributed by atoms with van der Waals surface area (Å²) in [5.41, 5.74) is 12.2. The van der Waals surface area contributed by atoms with Crippen LogP contribution in [0.5, 0.6) is 0 Å². The molecule has 0 radical (unpaired) electrons. The van der Waals surface area contributed by atoms with E-state index in [0.717, 1.165) is 39.0 Å². The van der Waals surface area contributed by atoms with Gasteiger partial charge < -0.3 is 9.32 Å². The maximum atomic E-state index is 6.22. The first-order chi connectivity index (χ1) is 27.2. The molecule has 2 nitrogen and oxygen atoms in total. The van der Waals surface area contributed by atoms with Crippen LogP contribution < -0.4 is 4.90 Å². The number of thiophene rings is 1. The zero-order chi connectivity index (χ0) is 36.3. The van der Waals surface area contributed by atoms with Crippen molar-refractivity contribution in [3.63, 3.8) is 0 Å². The molecule has 11 rings (SSSR count). The molecule has 0 fully saturated rings. The van der Waals surface area contributed by atoms with Crippen LogP contribution in [0.1, 0.15) is 0 Å². The van der Waals surface area contributed by atoms with E-state index in [2.05, 4.69) is 193 Å². The van der Waals surface area contributed by atoms with Gasteiger partial charge in [-0.2, -0.15) is 0 Å². The monoisotopic (exact) mass is 719 g/mol. The Labute approximate surface area is 322 Å². The number of anilines is 3. The predicted octanol–water partition coefficient (Wildman–Crippen LogP) is 15.6. The van der Waals surface area contributed by atoms with Crippen molar-refractivity contribution in [2.75, 3.05) is 4.90 Å². The molecule has 0 aliphatic carbocycles. The Morgan fingerprint density at radius 3 is 1.67 bits per heavy atom. The largest absolute Gasteiger partial charge is 0.456 e. The van der Waals surface area contributed by atoms with E-state index >= 15 is 0 Å². The minimum Gasteiger partial charge on any atom is -0.456 e. The highest BCUT2D eigenvalue weighted by Gasteiger charge is 2.17. The molecule has 0 aliphatic heterocycles. The third kappa shape index (κ3) is 5.56. The minimum atomic E-state index is 0.888. The average molecular weight is 720 g/mol. The fourth-order valence-corrected chi connectivity index (χ4v) is 9.20. The first kappa shape index (κ1) is 31.6. The minimum absolute atomic E-state index is 0.888. The van der Waals surface area contributed by atoms with Gasteiger partial charge in [0, 0.05) is 48.0 Å². The second kappa shape index (κ2) is 12.9. The van der Waals surface area contributed by atoms with Crippen LogP contribution in [0.2, 0.25) is 0 Å². The van der Waals surface area contributed by atoms with Gasteiger partial charge in [-0.1, -0.05) is 127 Å². The maximum Gasteiger partial charge on any atom is 0.135 e. The van der Waals surface area contributed by atoms with Crippen molar-refractivity contribution in [2.45, 2.75) is 0 Å². The van der Waals surface area contributed by atoms with E-state index in [0.29, 0.717) is 0 Å². The van der Waals surface area contributed by atoms with Crippen LogP contribution in [0, 0.1) is 0 Å². The standard InChI is InChI=1S/C52H33NOS/c1-2-9-37-31-40(17-16-34(37)8-1)39-11-7-10-38(30-39)35-18-23-42(24-19-35)53(44-27-29-50-48(33-44)45-12-3-5-14-49(45)54-50)43-25-20-36(21-26-43)41-22-28-47-46-13-4-6-15-51(46)55-52(47)32-41/h1-33H. The molecular formula is C52H33NOS. The summed E-state index contributed by atoms with van der Waals surface area (Å²) in [6.07, 6.45) is 0. The summed E-state index contributed by atoms with van der Waals surface area (Å²) >= 11 is 1.86. The number of hydrogen-bond acceptors (Lipinski definition) is 3. The predicted molar refractivity (Wildman–Crippen MR) is 235 cm³/mol. The molecule has 0 amide bonds. The lowest BCUT2D eigenvalue weighted by Gasteiger charge is -2.26. The number of nitrogens with zero attached hydrogens (tertiary/aromatic N) is 1. The molecule has 55 heavy (non-hydrogen) atoms. The lowest BCUT2D eigenvalue weighted by Crippen LogP contribution is -2.09. The molecule has 3 heteroatoms. The molecule has 0 N–H and O–H groups in total. The van der Waals surface area contributed by atoms with Gasteiger partial charge in [0.1, 0.15) is 11.2 Å². The number of para-hydroxylation sites is 1. The van der Waals surface area contributed by atoms with Crippen molar-refractivity contribution in [3.8, 4) is 33.4 Å². The molecule has 2 heterocycles.